The van der Waals surface area contributed by atoms with E-state index >= 15 is 0 Å². The summed E-state index contributed by atoms with van der Waals surface area (Å²) < 4.78 is 49.5. The van der Waals surface area contributed by atoms with E-state index in [1.165, 1.54) is 30.4 Å². The summed E-state index contributed by atoms with van der Waals surface area (Å²) in [4.78, 5) is 18.0. The van der Waals surface area contributed by atoms with E-state index in [1.807, 2.05) is 24.3 Å². The number of aryl methyl sites for hydroxylation is 1. The summed E-state index contributed by atoms with van der Waals surface area (Å²) in [6.45, 7) is 5.37. The molecule has 0 bridgehead atoms. The van der Waals surface area contributed by atoms with Gasteiger partial charge in [0.2, 0.25) is 0 Å². The topological polar surface area (TPSA) is 59.0 Å². The third-order valence-corrected chi connectivity index (χ3v) is 22.6. The molecule has 0 aromatic heterocycles. The van der Waals surface area contributed by atoms with Crippen LogP contribution >= 0.6 is 24.2 Å². The van der Waals surface area contributed by atoms with E-state index in [9.17, 15) is 23.1 Å². The van der Waals surface area contributed by atoms with Crippen LogP contribution in [0.4, 0.5) is 13.2 Å². The second-order valence-corrected chi connectivity index (χ2v) is 25.1. The number of carboxylic acids is 1. The number of likely N-dealkylation sites (tertiary alicyclic amines) is 1. The Bertz CT molecular complexity index is 1300. The monoisotopic (exact) mass is 798 g/mol. The molecule has 2 aliphatic rings. The Morgan fingerprint density at radius 3 is 2.39 bits per heavy atom. The standard InChI is InChI=1S/C35H49ClF3INO4S/c1-24-10-13-27(36)22-30(24)25(17-21-41-19-5-4-6-20-41)16-18-40(2,23-46)33(34(42)43)29-8-7-9-31(44-3)32(29)26-11-14-28(15-12-26)45-35(37,38)39/h7-10,13,22,25-26,28,33,46H,4-6,11-12,14-21,23H2,1-3H3,(H,42,43)/q-1/t25-,26?,28?,33+/m1/s1. The second-order valence-electron chi connectivity index (χ2n) is 12.9. The van der Waals surface area contributed by atoms with Gasteiger partial charge in [-0.2, -0.15) is 0 Å². The molecule has 0 radical (unpaired) electrons. The van der Waals surface area contributed by atoms with Crippen LogP contribution in [0.2, 0.25) is 5.02 Å². The quantitative estimate of drug-likeness (QED) is 0.138. The Kier molecular flexibility index (Phi) is 13.9. The predicted octanol–water partition coefficient (Wildman–Crippen LogP) is 6.07. The number of aliphatic carboxylic acids is 1. The molecule has 1 heterocycles. The van der Waals surface area contributed by atoms with Crippen LogP contribution in [-0.2, 0) is 9.53 Å². The van der Waals surface area contributed by atoms with Gasteiger partial charge in [0.25, 0.3) is 0 Å². The number of halogens is 5. The molecule has 1 aliphatic carbocycles. The molecule has 1 aliphatic heterocycles. The summed E-state index contributed by atoms with van der Waals surface area (Å²) in [6, 6.07) is 11.6. The Morgan fingerprint density at radius 1 is 1.09 bits per heavy atom. The number of carbonyl (C=O) groups is 1. The van der Waals surface area contributed by atoms with Gasteiger partial charge in [-0.25, -0.2) is 0 Å². The Morgan fingerprint density at radius 2 is 1.78 bits per heavy atom. The van der Waals surface area contributed by atoms with Crippen molar-refractivity contribution in [2.45, 2.75) is 92.9 Å². The van der Waals surface area contributed by atoms with Crippen molar-refractivity contribution < 1.29 is 51.0 Å². The number of methoxy groups -OCH3 is 1. The number of carboxylic acid groups (broad SMARTS) is 1. The Labute approximate surface area is 286 Å². The predicted molar refractivity (Wildman–Crippen MR) is 179 cm³/mol. The molecule has 0 amide bonds. The Balaban J connectivity index is 1.62. The number of ether oxygens (including phenoxy) is 2. The van der Waals surface area contributed by atoms with Gasteiger partial charge >= 0.3 is 288 Å². The SMILES string of the molecule is COc1cccc([C@@H](C(=O)O)[I-](C)(CS)CC[C@H](CCN2CCCCC2)c2cc(Cl)ccc2C)c1C1CCC(OC(F)(F)F)CC1. The summed E-state index contributed by atoms with van der Waals surface area (Å²) in [7, 11) is 1.57. The molecule has 4 rings (SSSR count). The van der Waals surface area contributed by atoms with Gasteiger partial charge < -0.3 is 0 Å². The van der Waals surface area contributed by atoms with Crippen LogP contribution in [0.3, 0.4) is 0 Å². The van der Waals surface area contributed by atoms with Crippen LogP contribution < -0.4 is 23.2 Å². The van der Waals surface area contributed by atoms with E-state index in [0.717, 1.165) is 48.0 Å². The molecule has 2 fully saturated rings. The van der Waals surface area contributed by atoms with Gasteiger partial charge in [-0.3, -0.25) is 0 Å². The van der Waals surface area contributed by atoms with Crippen molar-refractivity contribution in [1.29, 1.82) is 0 Å². The van der Waals surface area contributed by atoms with Crippen LogP contribution in [0, 0.1) is 6.92 Å². The number of thiol groups is 1. The van der Waals surface area contributed by atoms with Crippen molar-refractivity contribution in [3.8, 4) is 5.75 Å². The fraction of sp³-hybridized carbons (Fsp3) is 0.629. The Hall–Kier alpha value is -1.21. The van der Waals surface area contributed by atoms with Crippen molar-refractivity contribution in [1.82, 2.24) is 4.90 Å². The third-order valence-electron chi connectivity index (χ3n) is 9.81. The maximum atomic E-state index is 13.3. The first kappa shape index (κ1) is 37.6. The number of rotatable bonds is 14. The van der Waals surface area contributed by atoms with E-state index < -0.39 is 40.8 Å². The van der Waals surface area contributed by atoms with Gasteiger partial charge in [-0.1, -0.05) is 0 Å². The molecule has 3 atom stereocenters. The van der Waals surface area contributed by atoms with Crippen LogP contribution in [0.15, 0.2) is 36.4 Å². The summed E-state index contributed by atoms with van der Waals surface area (Å²) in [5, 5.41) is 11.6. The van der Waals surface area contributed by atoms with Gasteiger partial charge in [0.05, 0.1) is 0 Å². The van der Waals surface area contributed by atoms with Crippen LogP contribution in [0.5, 0.6) is 5.75 Å². The van der Waals surface area contributed by atoms with Crippen molar-refractivity contribution in [2.75, 3.05) is 39.9 Å². The molecule has 11 heteroatoms. The van der Waals surface area contributed by atoms with Gasteiger partial charge in [0.15, 0.2) is 0 Å². The van der Waals surface area contributed by atoms with Crippen LogP contribution in [-0.4, -0.2) is 68.3 Å². The average Bonchev–Trinajstić information content (AvgIpc) is 3.02. The fourth-order valence-corrected chi connectivity index (χ4v) is 16.2. The zero-order valence-electron chi connectivity index (χ0n) is 27.1. The molecule has 1 saturated heterocycles. The van der Waals surface area contributed by atoms with E-state index in [2.05, 4.69) is 33.6 Å². The van der Waals surface area contributed by atoms with Crippen molar-refractivity contribution in [3.05, 3.63) is 63.7 Å². The van der Waals surface area contributed by atoms with Crippen LogP contribution in [0.25, 0.3) is 0 Å². The van der Waals surface area contributed by atoms with Crippen molar-refractivity contribution in [2.24, 2.45) is 0 Å². The average molecular weight is 799 g/mol. The van der Waals surface area contributed by atoms with E-state index in [1.54, 1.807) is 7.11 Å². The molecule has 1 N–H and O–H groups in total. The molecule has 2 aromatic carbocycles. The molecule has 2 aromatic rings. The summed E-state index contributed by atoms with van der Waals surface area (Å²) in [5.41, 5.74) is 4.00. The van der Waals surface area contributed by atoms with E-state index in [-0.39, 0.29) is 24.7 Å². The number of hydrogen-bond donors (Lipinski definition) is 2. The normalized spacial score (nSPS) is 22.9. The number of benzene rings is 2. The third kappa shape index (κ3) is 9.92. The zero-order chi connectivity index (χ0) is 33.5. The molecule has 5 nitrogen and oxygen atoms in total. The summed E-state index contributed by atoms with van der Waals surface area (Å²) in [6.07, 6.45) is 1.46. The van der Waals surface area contributed by atoms with Gasteiger partial charge in [-0.15, -0.1) is 0 Å². The van der Waals surface area contributed by atoms with E-state index in [0.29, 0.717) is 27.4 Å². The molecule has 0 spiro atoms. The van der Waals surface area contributed by atoms with Crippen LogP contribution in [0.1, 0.15) is 95.8 Å². The first-order valence-corrected chi connectivity index (χ1v) is 23.7. The molecule has 46 heavy (non-hydrogen) atoms. The number of nitrogens with zero attached hydrogens (tertiary/aromatic N) is 1. The molecular formula is C35H49ClF3INO4S-. The van der Waals surface area contributed by atoms with Gasteiger partial charge in [0.1, 0.15) is 0 Å². The van der Waals surface area contributed by atoms with Gasteiger partial charge in [-0.05, 0) is 0 Å². The first-order valence-electron chi connectivity index (χ1n) is 16.2. The second kappa shape index (κ2) is 16.9. The maximum absolute atomic E-state index is 13.3. The summed E-state index contributed by atoms with van der Waals surface area (Å²) >= 11 is 8.13. The molecule has 1 saturated carbocycles. The first-order chi connectivity index (χ1) is 21.8. The summed E-state index contributed by atoms with van der Waals surface area (Å²) in [5.74, 6) is -0.134. The van der Waals surface area contributed by atoms with E-state index in [4.69, 9.17) is 29.0 Å². The number of piperidine rings is 1. The number of alkyl halides is 7. The van der Waals surface area contributed by atoms with Gasteiger partial charge in [0, 0.05) is 0 Å². The zero-order valence-corrected chi connectivity index (χ0v) is 30.9. The minimum absolute atomic E-state index is 0.113. The van der Waals surface area contributed by atoms with Crippen molar-refractivity contribution in [3.63, 3.8) is 0 Å². The minimum atomic E-state index is -4.67. The molecular weight excluding hydrogens is 750 g/mol. The fourth-order valence-electron chi connectivity index (χ4n) is 7.34. The molecule has 1 unspecified atom stereocenters. The number of hydrogen-bond acceptors (Lipinski definition) is 5. The van der Waals surface area contributed by atoms with Crippen molar-refractivity contribution >= 4 is 30.2 Å². The molecule has 260 valence electrons.